The van der Waals surface area contributed by atoms with Crippen molar-refractivity contribution in [3.05, 3.63) is 0 Å². The summed E-state index contributed by atoms with van der Waals surface area (Å²) in [5.41, 5.74) is -0.899. The Kier molecular flexibility index (Phi) is 8.32. The lowest BCUT2D eigenvalue weighted by Gasteiger charge is -2.66. The molecule has 0 spiro atoms. The van der Waals surface area contributed by atoms with Crippen LogP contribution < -0.4 is 0 Å². The minimum atomic E-state index is -0.762. The van der Waals surface area contributed by atoms with Crippen LogP contribution in [0.2, 0.25) is 0 Å². The Labute approximate surface area is 251 Å². The molecule has 9 nitrogen and oxygen atoms in total. The molecule has 5 fully saturated rings. The number of ether oxygens (including phenoxy) is 2. The second-order valence-corrected chi connectivity index (χ2v) is 15.5. The fourth-order valence-electron chi connectivity index (χ4n) is 10.9. The highest BCUT2D eigenvalue weighted by Crippen LogP contribution is 2.69. The molecule has 5 rings (SSSR count). The van der Waals surface area contributed by atoms with Gasteiger partial charge in [0.25, 0.3) is 0 Å². The molecule has 1 heterocycles. The number of amides is 1. The highest BCUT2D eigenvalue weighted by atomic mass is 16.6. The first-order chi connectivity index (χ1) is 19.5. The number of β-lactam (4-membered cyclic amide) rings is 1. The number of carbonyl (C=O) groups is 3. The third-order valence-electron chi connectivity index (χ3n) is 13.0. The van der Waals surface area contributed by atoms with Gasteiger partial charge in [0.1, 0.15) is 12.2 Å². The van der Waals surface area contributed by atoms with Gasteiger partial charge in [-0.3, -0.25) is 14.4 Å². The van der Waals surface area contributed by atoms with Crippen molar-refractivity contribution in [3.63, 3.8) is 0 Å². The molecular formula is C33H54N2O7. The van der Waals surface area contributed by atoms with Gasteiger partial charge in [-0.15, -0.1) is 0 Å². The topological polar surface area (TPSA) is 117 Å². The van der Waals surface area contributed by atoms with Crippen LogP contribution in [-0.4, -0.2) is 95.0 Å². The van der Waals surface area contributed by atoms with E-state index in [0.29, 0.717) is 25.8 Å². The number of nitrogens with zero attached hydrogens (tertiary/aromatic N) is 2. The maximum atomic E-state index is 13.2. The van der Waals surface area contributed by atoms with Gasteiger partial charge in [-0.05, 0) is 75.8 Å². The first kappa shape index (κ1) is 31.7. The van der Waals surface area contributed by atoms with E-state index in [1.54, 1.807) is 4.90 Å². The van der Waals surface area contributed by atoms with Gasteiger partial charge in [0, 0.05) is 50.1 Å². The zero-order chi connectivity index (χ0) is 31.0. The molecule has 1 amide bonds. The van der Waals surface area contributed by atoms with E-state index in [0.717, 1.165) is 12.8 Å². The molecule has 14 atom stereocenters. The summed E-state index contributed by atoms with van der Waals surface area (Å²) in [4.78, 5) is 42.3. The van der Waals surface area contributed by atoms with Crippen LogP contribution in [0.3, 0.4) is 0 Å². The summed E-state index contributed by atoms with van der Waals surface area (Å²) in [5, 5.41) is 23.5. The molecule has 1 aliphatic heterocycles. The summed E-state index contributed by atoms with van der Waals surface area (Å²) >= 11 is 0. The maximum Gasteiger partial charge on any atom is 0.302 e. The van der Waals surface area contributed by atoms with Gasteiger partial charge in [0.15, 0.2) is 0 Å². The number of hydrogen-bond donors (Lipinski definition) is 2. The van der Waals surface area contributed by atoms with Crippen molar-refractivity contribution in [1.29, 1.82) is 0 Å². The van der Waals surface area contributed by atoms with Crippen LogP contribution in [0.25, 0.3) is 0 Å². The average molecular weight is 591 g/mol. The molecule has 0 aromatic carbocycles. The molecular weight excluding hydrogens is 536 g/mol. The number of aliphatic hydroxyl groups excluding tert-OH is 2. The van der Waals surface area contributed by atoms with Crippen molar-refractivity contribution in [2.45, 2.75) is 117 Å². The summed E-state index contributed by atoms with van der Waals surface area (Å²) in [6.45, 7) is 14.1. The molecule has 238 valence electrons. The van der Waals surface area contributed by atoms with E-state index in [1.165, 1.54) is 13.8 Å². The Hall–Kier alpha value is -1.71. The number of fused-ring (bicyclic) bond motifs is 5. The van der Waals surface area contributed by atoms with Crippen molar-refractivity contribution < 1.29 is 34.1 Å². The molecule has 42 heavy (non-hydrogen) atoms. The average Bonchev–Trinajstić information content (AvgIpc) is 3.13. The number of carbonyl (C=O) groups excluding carboxylic acids is 3. The normalized spacial score (nSPS) is 47.3. The first-order valence-electron chi connectivity index (χ1n) is 16.2. The fraction of sp³-hybridized carbons (Fsp3) is 0.909. The van der Waals surface area contributed by atoms with Crippen molar-refractivity contribution in [2.24, 2.45) is 52.3 Å². The van der Waals surface area contributed by atoms with Crippen molar-refractivity contribution in [1.82, 2.24) is 9.80 Å². The molecule has 0 bridgehead atoms. The van der Waals surface area contributed by atoms with Crippen LogP contribution in [0.4, 0.5) is 0 Å². The van der Waals surface area contributed by atoms with Crippen LogP contribution >= 0.6 is 0 Å². The Morgan fingerprint density at radius 2 is 1.64 bits per heavy atom. The Morgan fingerprint density at radius 3 is 2.19 bits per heavy atom. The SMILES string of the molecule is CC(=O)O[C@@H]1C[C@]2(C)[C@@H]([C@H](C)N(C)C)[C@@H](O)C[C@H]2[C@@H]2CC[C@H]3[C@@H](O)[C@@H](N4C[C@@H](C(C)C)C4=O)C[C@@H](OC(C)=O)[C@]3(C)[C@H]21. The molecule has 0 aromatic rings. The molecule has 4 saturated carbocycles. The predicted octanol–water partition coefficient (Wildman–Crippen LogP) is 3.10. The van der Waals surface area contributed by atoms with Gasteiger partial charge in [-0.1, -0.05) is 27.7 Å². The lowest BCUT2D eigenvalue weighted by Crippen LogP contribution is -2.72. The molecule has 0 radical (unpaired) electrons. The van der Waals surface area contributed by atoms with E-state index in [2.05, 4.69) is 25.7 Å². The smallest absolute Gasteiger partial charge is 0.302 e. The maximum absolute atomic E-state index is 13.2. The highest BCUT2D eigenvalue weighted by Gasteiger charge is 2.70. The Balaban J connectivity index is 1.54. The van der Waals surface area contributed by atoms with Crippen LogP contribution in [0.15, 0.2) is 0 Å². The van der Waals surface area contributed by atoms with Crippen LogP contribution in [-0.2, 0) is 23.9 Å². The summed E-state index contributed by atoms with van der Waals surface area (Å²) in [7, 11) is 4.09. The second-order valence-electron chi connectivity index (χ2n) is 15.5. The minimum absolute atomic E-state index is 0.0268. The van der Waals surface area contributed by atoms with E-state index in [4.69, 9.17) is 9.47 Å². The van der Waals surface area contributed by atoms with Gasteiger partial charge in [0.05, 0.1) is 24.2 Å². The van der Waals surface area contributed by atoms with E-state index in [9.17, 15) is 24.6 Å². The molecule has 9 heteroatoms. The predicted molar refractivity (Wildman–Crippen MR) is 157 cm³/mol. The number of esters is 2. The zero-order valence-electron chi connectivity index (χ0n) is 27.1. The summed E-state index contributed by atoms with van der Waals surface area (Å²) in [5.74, 6) is -0.441. The molecule has 0 aromatic heterocycles. The standard InChI is InChI=1S/C33H54N2O7/c1-16(2)21-15-35(31(21)40)24-13-27(42-19(5)37)33(7)22(30(24)39)11-10-20-23-12-25(38)28(17(3)34(8)9)32(23,6)14-26(29(20)33)41-18(4)36/h16-17,20-30,38-39H,10-15H2,1-9H3/t17-,20-,21-,22-,23-,24-,25-,26+,27+,28-,29+,30+,32-,33+/m0/s1. The van der Waals surface area contributed by atoms with E-state index < -0.39 is 35.9 Å². The third-order valence-corrected chi connectivity index (χ3v) is 13.0. The van der Waals surface area contributed by atoms with Crippen molar-refractivity contribution >= 4 is 17.8 Å². The third kappa shape index (κ3) is 4.71. The van der Waals surface area contributed by atoms with Gasteiger partial charge in [-0.2, -0.15) is 0 Å². The number of rotatable bonds is 6. The van der Waals surface area contributed by atoms with Gasteiger partial charge < -0.3 is 29.5 Å². The van der Waals surface area contributed by atoms with E-state index in [1.807, 2.05) is 27.9 Å². The number of likely N-dealkylation sites (tertiary alicyclic amines) is 1. The fourth-order valence-corrected chi connectivity index (χ4v) is 10.9. The largest absolute Gasteiger partial charge is 0.462 e. The number of aliphatic hydroxyl groups is 2. The van der Waals surface area contributed by atoms with Crippen LogP contribution in [0, 0.1) is 52.3 Å². The van der Waals surface area contributed by atoms with Crippen molar-refractivity contribution in [3.8, 4) is 0 Å². The van der Waals surface area contributed by atoms with Gasteiger partial charge in [-0.25, -0.2) is 0 Å². The molecule has 4 aliphatic carbocycles. The summed E-state index contributed by atoms with van der Waals surface area (Å²) < 4.78 is 12.3. The molecule has 1 saturated heterocycles. The van der Waals surface area contributed by atoms with Crippen LogP contribution in [0.1, 0.15) is 80.6 Å². The van der Waals surface area contributed by atoms with E-state index in [-0.39, 0.29) is 70.7 Å². The minimum Gasteiger partial charge on any atom is -0.462 e. The highest BCUT2D eigenvalue weighted by molar-refractivity contribution is 5.85. The summed E-state index contributed by atoms with van der Waals surface area (Å²) in [6, 6.07) is -0.266. The lowest BCUT2D eigenvalue weighted by atomic mass is 9.42. The van der Waals surface area contributed by atoms with Crippen LogP contribution in [0.5, 0.6) is 0 Å². The second kappa shape index (κ2) is 11.0. The number of hydrogen-bond acceptors (Lipinski definition) is 8. The van der Waals surface area contributed by atoms with Gasteiger partial charge in [0.2, 0.25) is 5.91 Å². The Bertz CT molecular complexity index is 1080. The zero-order valence-corrected chi connectivity index (χ0v) is 27.1. The molecule has 5 aliphatic rings. The quantitative estimate of drug-likeness (QED) is 0.358. The first-order valence-corrected chi connectivity index (χ1v) is 16.2. The molecule has 2 N–H and O–H groups in total. The summed E-state index contributed by atoms with van der Waals surface area (Å²) in [6.07, 6.45) is 1.05. The molecule has 0 unspecified atom stereocenters. The van der Waals surface area contributed by atoms with E-state index >= 15 is 0 Å². The Morgan fingerprint density at radius 1 is 1.00 bits per heavy atom. The van der Waals surface area contributed by atoms with Crippen molar-refractivity contribution in [2.75, 3.05) is 20.6 Å². The monoisotopic (exact) mass is 590 g/mol. The van der Waals surface area contributed by atoms with Gasteiger partial charge >= 0.3 is 11.9 Å². The lowest BCUT2D eigenvalue weighted by molar-refractivity contribution is -0.250.